The van der Waals surface area contributed by atoms with E-state index in [0.717, 1.165) is 43.9 Å². The van der Waals surface area contributed by atoms with E-state index >= 15 is 0 Å². The number of likely N-dealkylation sites (tertiary alicyclic amines) is 1. The molecule has 0 spiro atoms. The standard InChI is InChI=1S/C16H23N3O/c1-13-7-2-3-12-19(13)15-14(8-6-9-17-15)16(20)18-10-4-5-11-18/h6,8-9,13H,2-5,7,10-12H2,1H3. The number of rotatable bonds is 2. The van der Waals surface area contributed by atoms with Gasteiger partial charge in [0, 0.05) is 31.9 Å². The first kappa shape index (κ1) is 13.4. The molecule has 1 aromatic rings. The van der Waals surface area contributed by atoms with Crippen molar-refractivity contribution < 1.29 is 4.79 Å². The van der Waals surface area contributed by atoms with Crippen LogP contribution < -0.4 is 4.90 Å². The van der Waals surface area contributed by atoms with Crippen molar-refractivity contribution in [1.29, 1.82) is 0 Å². The van der Waals surface area contributed by atoms with Crippen LogP contribution in [0.1, 0.15) is 49.4 Å². The average molecular weight is 273 g/mol. The van der Waals surface area contributed by atoms with Crippen molar-refractivity contribution in [2.75, 3.05) is 24.5 Å². The number of hydrogen-bond donors (Lipinski definition) is 0. The van der Waals surface area contributed by atoms with Gasteiger partial charge in [-0.1, -0.05) is 0 Å². The van der Waals surface area contributed by atoms with Crippen LogP contribution in [0.25, 0.3) is 0 Å². The third-order valence-corrected chi connectivity index (χ3v) is 4.49. The van der Waals surface area contributed by atoms with Crippen LogP contribution in [0, 0.1) is 0 Å². The Balaban J connectivity index is 1.89. The molecule has 3 rings (SSSR count). The third kappa shape index (κ3) is 2.51. The fourth-order valence-electron chi connectivity index (χ4n) is 3.30. The first-order valence-corrected chi connectivity index (χ1v) is 7.78. The minimum Gasteiger partial charge on any atom is -0.353 e. The Morgan fingerprint density at radius 1 is 1.20 bits per heavy atom. The zero-order chi connectivity index (χ0) is 13.9. The number of pyridine rings is 1. The largest absolute Gasteiger partial charge is 0.353 e. The molecular weight excluding hydrogens is 250 g/mol. The summed E-state index contributed by atoms with van der Waals surface area (Å²) in [6, 6.07) is 4.29. The van der Waals surface area contributed by atoms with Gasteiger partial charge in [-0.05, 0) is 51.2 Å². The Bertz CT molecular complexity index is 482. The minimum atomic E-state index is 0.156. The fourth-order valence-corrected chi connectivity index (χ4v) is 3.30. The van der Waals surface area contributed by atoms with Gasteiger partial charge in [-0.3, -0.25) is 4.79 Å². The highest BCUT2D eigenvalue weighted by Crippen LogP contribution is 2.27. The fraction of sp³-hybridized carbons (Fsp3) is 0.625. The molecule has 0 saturated carbocycles. The number of nitrogens with zero attached hydrogens (tertiary/aromatic N) is 3. The van der Waals surface area contributed by atoms with Gasteiger partial charge in [-0.25, -0.2) is 4.98 Å². The summed E-state index contributed by atoms with van der Waals surface area (Å²) in [6.07, 6.45) is 7.71. The number of carbonyl (C=O) groups excluding carboxylic acids is 1. The SMILES string of the molecule is CC1CCCCN1c1ncccc1C(=O)N1CCCC1. The summed E-state index contributed by atoms with van der Waals surface area (Å²) in [4.78, 5) is 21.5. The Morgan fingerprint density at radius 2 is 1.95 bits per heavy atom. The number of anilines is 1. The zero-order valence-electron chi connectivity index (χ0n) is 12.2. The number of piperidine rings is 1. The summed E-state index contributed by atoms with van der Waals surface area (Å²) >= 11 is 0. The van der Waals surface area contributed by atoms with Crippen molar-refractivity contribution in [3.8, 4) is 0 Å². The van der Waals surface area contributed by atoms with E-state index in [0.29, 0.717) is 6.04 Å². The lowest BCUT2D eigenvalue weighted by Crippen LogP contribution is -2.40. The first-order valence-electron chi connectivity index (χ1n) is 7.78. The molecule has 0 bridgehead atoms. The molecule has 0 radical (unpaired) electrons. The van der Waals surface area contributed by atoms with Gasteiger partial charge in [0.25, 0.3) is 5.91 Å². The monoisotopic (exact) mass is 273 g/mol. The van der Waals surface area contributed by atoms with E-state index in [9.17, 15) is 4.79 Å². The van der Waals surface area contributed by atoms with Gasteiger partial charge in [0.05, 0.1) is 5.56 Å². The van der Waals surface area contributed by atoms with Gasteiger partial charge in [0.1, 0.15) is 5.82 Å². The second-order valence-corrected chi connectivity index (χ2v) is 5.91. The van der Waals surface area contributed by atoms with E-state index in [1.165, 1.54) is 19.3 Å². The zero-order valence-corrected chi connectivity index (χ0v) is 12.2. The van der Waals surface area contributed by atoms with Gasteiger partial charge in [0.2, 0.25) is 0 Å². The van der Waals surface area contributed by atoms with Crippen LogP contribution >= 0.6 is 0 Å². The molecule has 0 aliphatic carbocycles. The lowest BCUT2D eigenvalue weighted by atomic mass is 10.0. The van der Waals surface area contributed by atoms with Gasteiger partial charge in [-0.2, -0.15) is 0 Å². The van der Waals surface area contributed by atoms with E-state index < -0.39 is 0 Å². The van der Waals surface area contributed by atoms with Crippen LogP contribution in [0.4, 0.5) is 5.82 Å². The van der Waals surface area contributed by atoms with E-state index in [2.05, 4.69) is 16.8 Å². The van der Waals surface area contributed by atoms with Crippen LogP contribution in [-0.2, 0) is 0 Å². The molecule has 3 heterocycles. The first-order chi connectivity index (χ1) is 9.77. The maximum Gasteiger partial charge on any atom is 0.257 e. The Labute approximate surface area is 120 Å². The highest BCUT2D eigenvalue weighted by Gasteiger charge is 2.27. The third-order valence-electron chi connectivity index (χ3n) is 4.49. The smallest absolute Gasteiger partial charge is 0.257 e. The van der Waals surface area contributed by atoms with Crippen LogP contribution in [0.3, 0.4) is 0 Å². The second kappa shape index (κ2) is 5.81. The Kier molecular flexibility index (Phi) is 3.90. The number of aromatic nitrogens is 1. The van der Waals surface area contributed by atoms with Crippen molar-refractivity contribution >= 4 is 11.7 Å². The van der Waals surface area contributed by atoms with E-state index in [1.807, 2.05) is 17.0 Å². The molecule has 2 fully saturated rings. The predicted molar refractivity (Wildman–Crippen MR) is 80.0 cm³/mol. The quantitative estimate of drug-likeness (QED) is 0.831. The molecule has 0 aromatic carbocycles. The lowest BCUT2D eigenvalue weighted by molar-refractivity contribution is 0.0793. The average Bonchev–Trinajstić information content (AvgIpc) is 3.01. The molecule has 1 atom stereocenters. The summed E-state index contributed by atoms with van der Waals surface area (Å²) < 4.78 is 0. The topological polar surface area (TPSA) is 36.4 Å². The molecule has 1 amide bonds. The molecule has 1 unspecified atom stereocenters. The lowest BCUT2D eigenvalue weighted by Gasteiger charge is -2.35. The summed E-state index contributed by atoms with van der Waals surface area (Å²) in [6.45, 7) is 5.03. The summed E-state index contributed by atoms with van der Waals surface area (Å²) in [5.74, 6) is 1.04. The van der Waals surface area contributed by atoms with E-state index in [-0.39, 0.29) is 5.91 Å². The van der Waals surface area contributed by atoms with Crippen LogP contribution in [-0.4, -0.2) is 41.5 Å². The van der Waals surface area contributed by atoms with Gasteiger partial charge in [0.15, 0.2) is 0 Å². The minimum absolute atomic E-state index is 0.156. The highest BCUT2D eigenvalue weighted by atomic mass is 16.2. The molecule has 4 nitrogen and oxygen atoms in total. The maximum absolute atomic E-state index is 12.7. The number of hydrogen-bond acceptors (Lipinski definition) is 3. The number of carbonyl (C=O) groups is 1. The maximum atomic E-state index is 12.7. The van der Waals surface area contributed by atoms with Crippen molar-refractivity contribution in [1.82, 2.24) is 9.88 Å². The normalized spacial score (nSPS) is 23.1. The highest BCUT2D eigenvalue weighted by molar-refractivity contribution is 5.99. The molecular formula is C16H23N3O. The Morgan fingerprint density at radius 3 is 2.70 bits per heavy atom. The molecule has 20 heavy (non-hydrogen) atoms. The molecule has 2 aliphatic heterocycles. The van der Waals surface area contributed by atoms with Crippen molar-refractivity contribution in [2.24, 2.45) is 0 Å². The van der Waals surface area contributed by atoms with Crippen molar-refractivity contribution in [3.63, 3.8) is 0 Å². The van der Waals surface area contributed by atoms with E-state index in [4.69, 9.17) is 0 Å². The summed E-state index contributed by atoms with van der Waals surface area (Å²) in [5.41, 5.74) is 0.781. The second-order valence-electron chi connectivity index (χ2n) is 5.91. The molecule has 4 heteroatoms. The summed E-state index contributed by atoms with van der Waals surface area (Å²) in [7, 11) is 0. The molecule has 2 saturated heterocycles. The van der Waals surface area contributed by atoms with Crippen molar-refractivity contribution in [3.05, 3.63) is 23.9 Å². The summed E-state index contributed by atoms with van der Waals surface area (Å²) in [5, 5.41) is 0. The van der Waals surface area contributed by atoms with Crippen LogP contribution in [0.2, 0.25) is 0 Å². The molecule has 2 aliphatic rings. The number of amides is 1. The van der Waals surface area contributed by atoms with Gasteiger partial charge in [-0.15, -0.1) is 0 Å². The molecule has 1 aromatic heterocycles. The van der Waals surface area contributed by atoms with Crippen molar-refractivity contribution in [2.45, 2.75) is 45.1 Å². The molecule has 108 valence electrons. The van der Waals surface area contributed by atoms with Crippen LogP contribution in [0.15, 0.2) is 18.3 Å². The van der Waals surface area contributed by atoms with Gasteiger partial charge < -0.3 is 9.80 Å². The van der Waals surface area contributed by atoms with Gasteiger partial charge >= 0.3 is 0 Å². The predicted octanol–water partition coefficient (Wildman–Crippen LogP) is 2.70. The molecule has 0 N–H and O–H groups in total. The van der Waals surface area contributed by atoms with E-state index in [1.54, 1.807) is 6.20 Å². The Hall–Kier alpha value is -1.58. The van der Waals surface area contributed by atoms with Crippen LogP contribution in [0.5, 0.6) is 0 Å².